The highest BCUT2D eigenvalue weighted by Gasteiger charge is 2.26. The van der Waals surface area contributed by atoms with Crippen LogP contribution in [-0.4, -0.2) is 74.7 Å². The van der Waals surface area contributed by atoms with Crippen molar-refractivity contribution in [2.75, 3.05) is 46.6 Å². The molecule has 2 aliphatic heterocycles. The Hall–Kier alpha value is -1.67. The molecule has 3 rings (SSSR count). The van der Waals surface area contributed by atoms with Crippen LogP contribution in [-0.2, 0) is 20.8 Å². The molecule has 2 fully saturated rings. The minimum Gasteiger partial charge on any atom is -0.491 e. The molecule has 1 aromatic rings. The van der Waals surface area contributed by atoms with Crippen molar-refractivity contribution in [2.45, 2.75) is 44.4 Å². The van der Waals surface area contributed by atoms with Crippen molar-refractivity contribution in [2.24, 2.45) is 5.92 Å². The summed E-state index contributed by atoms with van der Waals surface area (Å²) in [5.41, 5.74) is 1.22. The highest BCUT2D eigenvalue weighted by molar-refractivity contribution is 5.72. The number of aliphatic hydroxyl groups excluding tert-OH is 1. The summed E-state index contributed by atoms with van der Waals surface area (Å²) in [6.45, 7) is 4.94. The fraction of sp³-hybridized carbons (Fsp3) is 0.682. The lowest BCUT2D eigenvalue weighted by Gasteiger charge is -2.31. The van der Waals surface area contributed by atoms with Crippen molar-refractivity contribution in [3.05, 3.63) is 29.8 Å². The number of benzene rings is 1. The van der Waals surface area contributed by atoms with Crippen LogP contribution in [0.25, 0.3) is 0 Å². The van der Waals surface area contributed by atoms with Gasteiger partial charge >= 0.3 is 5.97 Å². The highest BCUT2D eigenvalue weighted by atomic mass is 16.5. The Balaban J connectivity index is 1.32. The Kier molecular flexibility index (Phi) is 8.73. The van der Waals surface area contributed by atoms with E-state index in [0.29, 0.717) is 12.6 Å². The van der Waals surface area contributed by atoms with Crippen molar-refractivity contribution in [3.63, 3.8) is 0 Å². The zero-order chi connectivity index (χ0) is 20.5. The molecule has 1 unspecified atom stereocenters. The summed E-state index contributed by atoms with van der Waals surface area (Å²) in [6, 6.07) is 8.56. The molecule has 162 valence electrons. The summed E-state index contributed by atoms with van der Waals surface area (Å²) in [5.74, 6) is 0.632. The number of methoxy groups -OCH3 is 1. The van der Waals surface area contributed by atoms with E-state index in [1.54, 1.807) is 0 Å². The minimum atomic E-state index is -0.556. The topological polar surface area (TPSA) is 80.3 Å². The summed E-state index contributed by atoms with van der Waals surface area (Å²) >= 11 is 0. The SMILES string of the molecule is COC(=O)C1CCN(CC(O)COc2ccc(CNC3CCOCC3)cc2)CC1. The number of piperidine rings is 1. The first-order valence-electron chi connectivity index (χ1n) is 10.6. The lowest BCUT2D eigenvalue weighted by molar-refractivity contribution is -0.147. The first-order valence-corrected chi connectivity index (χ1v) is 10.6. The minimum absolute atomic E-state index is 0.0101. The van der Waals surface area contributed by atoms with E-state index in [9.17, 15) is 9.90 Å². The van der Waals surface area contributed by atoms with E-state index in [1.807, 2.05) is 12.1 Å². The van der Waals surface area contributed by atoms with Crippen molar-refractivity contribution in [1.82, 2.24) is 10.2 Å². The van der Waals surface area contributed by atoms with Gasteiger partial charge in [0.25, 0.3) is 0 Å². The van der Waals surface area contributed by atoms with Gasteiger partial charge in [-0.25, -0.2) is 0 Å². The Labute approximate surface area is 173 Å². The van der Waals surface area contributed by atoms with E-state index in [4.69, 9.17) is 14.2 Å². The van der Waals surface area contributed by atoms with E-state index < -0.39 is 6.10 Å². The standard InChI is InChI=1S/C22H34N2O5/c1-27-22(26)18-6-10-24(11-7-18)15-20(25)16-29-21-4-2-17(3-5-21)14-23-19-8-12-28-13-9-19/h2-5,18-20,23,25H,6-16H2,1H3. The maximum absolute atomic E-state index is 11.6. The Morgan fingerprint density at radius 1 is 1.21 bits per heavy atom. The van der Waals surface area contributed by atoms with Gasteiger partial charge in [-0.1, -0.05) is 12.1 Å². The molecule has 1 aromatic carbocycles. The van der Waals surface area contributed by atoms with Crippen LogP contribution in [0.15, 0.2) is 24.3 Å². The molecule has 0 radical (unpaired) electrons. The molecule has 0 spiro atoms. The van der Waals surface area contributed by atoms with Gasteiger partial charge in [-0.15, -0.1) is 0 Å². The number of esters is 1. The highest BCUT2D eigenvalue weighted by Crippen LogP contribution is 2.19. The van der Waals surface area contributed by atoms with Crippen LogP contribution >= 0.6 is 0 Å². The molecule has 1 atom stereocenters. The maximum atomic E-state index is 11.6. The van der Waals surface area contributed by atoms with E-state index >= 15 is 0 Å². The molecular formula is C22H34N2O5. The summed E-state index contributed by atoms with van der Waals surface area (Å²) in [7, 11) is 1.44. The number of aliphatic hydroxyl groups is 1. The van der Waals surface area contributed by atoms with Gasteiger partial charge in [-0.05, 0) is 56.5 Å². The lowest BCUT2D eigenvalue weighted by atomic mass is 9.97. The number of nitrogens with one attached hydrogen (secondary N) is 1. The summed E-state index contributed by atoms with van der Waals surface area (Å²) in [4.78, 5) is 13.8. The molecule has 2 N–H and O–H groups in total. The van der Waals surface area contributed by atoms with Gasteiger partial charge in [-0.2, -0.15) is 0 Å². The molecule has 2 saturated heterocycles. The number of carbonyl (C=O) groups is 1. The van der Waals surface area contributed by atoms with Crippen LogP contribution in [0.1, 0.15) is 31.2 Å². The third kappa shape index (κ3) is 7.26. The van der Waals surface area contributed by atoms with E-state index in [-0.39, 0.29) is 18.5 Å². The van der Waals surface area contributed by atoms with Crippen LogP contribution in [0.5, 0.6) is 5.75 Å². The third-order valence-corrected chi connectivity index (χ3v) is 5.77. The zero-order valence-electron chi connectivity index (χ0n) is 17.3. The average Bonchev–Trinajstić information content (AvgIpc) is 2.77. The van der Waals surface area contributed by atoms with Crippen molar-refractivity contribution in [3.8, 4) is 5.75 Å². The van der Waals surface area contributed by atoms with Crippen LogP contribution in [0.2, 0.25) is 0 Å². The van der Waals surface area contributed by atoms with E-state index in [0.717, 1.165) is 64.3 Å². The van der Waals surface area contributed by atoms with Gasteiger partial charge in [-0.3, -0.25) is 4.79 Å². The Bertz CT molecular complexity index is 610. The molecule has 2 aliphatic rings. The number of nitrogens with zero attached hydrogens (tertiary/aromatic N) is 1. The van der Waals surface area contributed by atoms with E-state index in [1.165, 1.54) is 12.7 Å². The predicted octanol–water partition coefficient (Wildman–Crippen LogP) is 1.58. The van der Waals surface area contributed by atoms with Crippen molar-refractivity contribution in [1.29, 1.82) is 0 Å². The Morgan fingerprint density at radius 2 is 1.90 bits per heavy atom. The largest absolute Gasteiger partial charge is 0.491 e. The number of likely N-dealkylation sites (tertiary alicyclic amines) is 1. The number of ether oxygens (including phenoxy) is 3. The van der Waals surface area contributed by atoms with Gasteiger partial charge < -0.3 is 29.5 Å². The van der Waals surface area contributed by atoms with Gasteiger partial charge in [0, 0.05) is 32.3 Å². The smallest absolute Gasteiger partial charge is 0.308 e. The number of β-amino-alcohol motifs (C(OH)–C–C–N with tert-alkyl or cyclic N) is 1. The van der Waals surface area contributed by atoms with Gasteiger partial charge in [0.1, 0.15) is 18.5 Å². The lowest BCUT2D eigenvalue weighted by Crippen LogP contribution is -2.42. The maximum Gasteiger partial charge on any atom is 0.308 e. The fourth-order valence-electron chi connectivity index (χ4n) is 3.93. The first-order chi connectivity index (χ1) is 14.1. The Morgan fingerprint density at radius 3 is 2.55 bits per heavy atom. The molecule has 0 saturated carbocycles. The molecule has 0 bridgehead atoms. The van der Waals surface area contributed by atoms with Gasteiger partial charge in [0.15, 0.2) is 0 Å². The molecule has 0 amide bonds. The van der Waals surface area contributed by atoms with Crippen LogP contribution in [0.3, 0.4) is 0 Å². The molecule has 29 heavy (non-hydrogen) atoms. The molecule has 0 aliphatic carbocycles. The van der Waals surface area contributed by atoms with Crippen LogP contribution in [0, 0.1) is 5.92 Å². The third-order valence-electron chi connectivity index (χ3n) is 5.77. The van der Waals surface area contributed by atoms with Gasteiger partial charge in [0.05, 0.1) is 13.0 Å². The number of rotatable bonds is 9. The van der Waals surface area contributed by atoms with E-state index in [2.05, 4.69) is 22.3 Å². The van der Waals surface area contributed by atoms with Crippen molar-refractivity contribution >= 4 is 5.97 Å². The molecular weight excluding hydrogens is 372 g/mol. The molecule has 7 heteroatoms. The zero-order valence-corrected chi connectivity index (χ0v) is 17.3. The average molecular weight is 407 g/mol. The molecule has 7 nitrogen and oxygen atoms in total. The number of hydrogen-bond donors (Lipinski definition) is 2. The number of hydrogen-bond acceptors (Lipinski definition) is 7. The van der Waals surface area contributed by atoms with Crippen LogP contribution in [0.4, 0.5) is 0 Å². The van der Waals surface area contributed by atoms with Gasteiger partial charge in [0.2, 0.25) is 0 Å². The fourth-order valence-corrected chi connectivity index (χ4v) is 3.93. The summed E-state index contributed by atoms with van der Waals surface area (Å²) < 4.78 is 15.9. The number of carbonyl (C=O) groups excluding carboxylic acids is 1. The molecule has 0 aromatic heterocycles. The summed E-state index contributed by atoms with van der Waals surface area (Å²) in [5, 5.41) is 13.9. The second kappa shape index (κ2) is 11.5. The van der Waals surface area contributed by atoms with Crippen molar-refractivity contribution < 1.29 is 24.1 Å². The summed E-state index contributed by atoms with van der Waals surface area (Å²) in [6.07, 6.45) is 3.14. The monoisotopic (exact) mass is 406 g/mol. The van der Waals surface area contributed by atoms with Crippen LogP contribution < -0.4 is 10.1 Å². The quantitative estimate of drug-likeness (QED) is 0.603. The molecule has 2 heterocycles. The second-order valence-electron chi connectivity index (χ2n) is 7.97. The normalized spacial score (nSPS) is 20.3. The second-order valence-corrected chi connectivity index (χ2v) is 7.97. The first kappa shape index (κ1) is 22.0. The predicted molar refractivity (Wildman–Crippen MR) is 110 cm³/mol.